The van der Waals surface area contributed by atoms with Gasteiger partial charge >= 0.3 is 0 Å². The number of benzene rings is 9. The fourth-order valence-electron chi connectivity index (χ4n) is 7.74. The summed E-state index contributed by atoms with van der Waals surface area (Å²) in [6, 6.07) is 62.6. The molecule has 0 aliphatic carbocycles. The largest absolute Gasteiger partial charge is 0.135 e. The number of fused-ring (bicyclic) bond motifs is 8. The first-order valence-electron chi connectivity index (χ1n) is 16.2. The second-order valence-corrected chi connectivity index (χ2v) is 13.5. The van der Waals surface area contributed by atoms with Crippen molar-refractivity contribution in [2.24, 2.45) is 0 Å². The Bertz CT molecular complexity index is 2760. The second-order valence-electron chi connectivity index (χ2n) is 12.4. The molecule has 9 aromatic carbocycles. The van der Waals surface area contributed by atoms with Gasteiger partial charge in [0.1, 0.15) is 0 Å². The van der Waals surface area contributed by atoms with E-state index < -0.39 is 0 Å². The van der Waals surface area contributed by atoms with Crippen molar-refractivity contribution in [1.82, 2.24) is 0 Å². The molecular weight excluding hydrogens is 585 g/mol. The van der Waals surface area contributed by atoms with Gasteiger partial charge in [0, 0.05) is 20.2 Å². The van der Waals surface area contributed by atoms with Gasteiger partial charge in [0.15, 0.2) is 0 Å². The molecule has 0 spiro atoms. The molecule has 0 unspecified atom stereocenters. The van der Waals surface area contributed by atoms with Crippen LogP contribution in [0, 0.1) is 0 Å². The van der Waals surface area contributed by atoms with Crippen molar-refractivity contribution >= 4 is 74.6 Å². The highest BCUT2D eigenvalue weighted by atomic mass is 32.1. The molecule has 0 atom stereocenters. The highest BCUT2D eigenvalue weighted by molar-refractivity contribution is 7.26. The zero-order valence-corrected chi connectivity index (χ0v) is 26.4. The summed E-state index contributed by atoms with van der Waals surface area (Å²) in [5, 5.41) is 13.0. The molecule has 0 nitrogen and oxygen atoms in total. The van der Waals surface area contributed by atoms with Gasteiger partial charge in [-0.15, -0.1) is 11.3 Å². The lowest BCUT2D eigenvalue weighted by Crippen LogP contribution is -1.91. The van der Waals surface area contributed by atoms with E-state index >= 15 is 0 Å². The number of hydrogen-bond donors (Lipinski definition) is 0. The number of rotatable bonds is 3. The van der Waals surface area contributed by atoms with E-state index in [0.717, 1.165) is 0 Å². The lowest BCUT2D eigenvalue weighted by molar-refractivity contribution is 1.64. The fraction of sp³-hybridized carbons (Fsp3) is 0. The summed E-state index contributed by atoms with van der Waals surface area (Å²) in [6.45, 7) is 0. The van der Waals surface area contributed by atoms with Crippen molar-refractivity contribution < 1.29 is 0 Å². The van der Waals surface area contributed by atoms with Crippen LogP contribution in [0.2, 0.25) is 0 Å². The first-order valence-corrected chi connectivity index (χ1v) is 17.0. The molecule has 1 aromatic heterocycles. The zero-order chi connectivity index (χ0) is 30.9. The van der Waals surface area contributed by atoms with Gasteiger partial charge in [0.2, 0.25) is 0 Å². The van der Waals surface area contributed by atoms with Crippen molar-refractivity contribution in [1.29, 1.82) is 0 Å². The van der Waals surface area contributed by atoms with Crippen molar-refractivity contribution in [3.8, 4) is 33.4 Å². The summed E-state index contributed by atoms with van der Waals surface area (Å²) in [5.41, 5.74) is 7.60. The van der Waals surface area contributed by atoms with Gasteiger partial charge in [0.05, 0.1) is 0 Å². The Labute approximate surface area is 276 Å². The van der Waals surface area contributed by atoms with Crippen LogP contribution >= 0.6 is 11.3 Å². The zero-order valence-electron chi connectivity index (χ0n) is 25.6. The predicted octanol–water partition coefficient (Wildman–Crippen LogP) is 13.7. The van der Waals surface area contributed by atoms with Crippen molar-refractivity contribution in [2.75, 3.05) is 0 Å². The minimum Gasteiger partial charge on any atom is -0.135 e. The van der Waals surface area contributed by atoms with Crippen molar-refractivity contribution in [3.63, 3.8) is 0 Å². The maximum absolute atomic E-state index is 2.42. The monoisotopic (exact) mass is 612 g/mol. The minimum absolute atomic E-state index is 1.24. The van der Waals surface area contributed by atoms with Crippen LogP contribution in [0.15, 0.2) is 170 Å². The Morgan fingerprint density at radius 1 is 0.298 bits per heavy atom. The van der Waals surface area contributed by atoms with E-state index in [4.69, 9.17) is 0 Å². The van der Waals surface area contributed by atoms with E-state index in [2.05, 4.69) is 170 Å². The van der Waals surface area contributed by atoms with Gasteiger partial charge in [-0.1, -0.05) is 152 Å². The van der Waals surface area contributed by atoms with Crippen LogP contribution in [0.1, 0.15) is 0 Å². The summed E-state index contributed by atoms with van der Waals surface area (Å²) in [7, 11) is 0. The predicted molar refractivity (Wildman–Crippen MR) is 206 cm³/mol. The Morgan fingerprint density at radius 2 is 0.766 bits per heavy atom. The van der Waals surface area contributed by atoms with Crippen molar-refractivity contribution in [2.45, 2.75) is 0 Å². The molecule has 0 saturated heterocycles. The highest BCUT2D eigenvalue weighted by Crippen LogP contribution is 2.46. The molecule has 10 aromatic rings. The van der Waals surface area contributed by atoms with Gasteiger partial charge < -0.3 is 0 Å². The van der Waals surface area contributed by atoms with Crippen molar-refractivity contribution in [3.05, 3.63) is 170 Å². The summed E-state index contributed by atoms with van der Waals surface area (Å²) in [6.07, 6.45) is 0. The minimum atomic E-state index is 1.24. The molecular formula is C46H28S. The Balaban J connectivity index is 1.18. The smallest absolute Gasteiger partial charge is 0.0368 e. The summed E-state index contributed by atoms with van der Waals surface area (Å²) < 4.78 is 2.68. The van der Waals surface area contributed by atoms with Crippen LogP contribution in [0.5, 0.6) is 0 Å². The molecule has 0 radical (unpaired) electrons. The van der Waals surface area contributed by atoms with Gasteiger partial charge in [-0.3, -0.25) is 0 Å². The molecule has 0 fully saturated rings. The lowest BCUT2D eigenvalue weighted by Gasteiger charge is -2.18. The van der Waals surface area contributed by atoms with Crippen LogP contribution in [-0.2, 0) is 0 Å². The molecule has 0 aliphatic rings. The van der Waals surface area contributed by atoms with Crippen LogP contribution < -0.4 is 0 Å². The molecule has 47 heavy (non-hydrogen) atoms. The Hall–Kier alpha value is -5.76. The summed E-state index contributed by atoms with van der Waals surface area (Å²) in [4.78, 5) is 0. The van der Waals surface area contributed by atoms with Crippen LogP contribution in [0.3, 0.4) is 0 Å². The van der Waals surface area contributed by atoms with Crippen LogP contribution in [0.25, 0.3) is 96.6 Å². The van der Waals surface area contributed by atoms with Crippen LogP contribution in [0.4, 0.5) is 0 Å². The van der Waals surface area contributed by atoms with Gasteiger partial charge in [-0.2, -0.15) is 0 Å². The molecule has 0 bridgehead atoms. The Kier molecular flexibility index (Phi) is 5.85. The SMILES string of the molecule is c1ccc(-c2c3ccccc3c(-c3ccc(-c4cc5sc6cc7ccccc7cc6c5c5ccccc45)cc3)c3ccccc23)cc1. The fourth-order valence-corrected chi connectivity index (χ4v) is 8.93. The number of hydrogen-bond acceptors (Lipinski definition) is 1. The van der Waals surface area contributed by atoms with E-state index in [1.165, 1.54) is 96.6 Å². The second kappa shape index (κ2) is 10.4. The van der Waals surface area contributed by atoms with Gasteiger partial charge in [-0.25, -0.2) is 0 Å². The van der Waals surface area contributed by atoms with E-state index in [1.807, 2.05) is 11.3 Å². The first kappa shape index (κ1) is 26.5. The average Bonchev–Trinajstić information content (AvgIpc) is 3.50. The van der Waals surface area contributed by atoms with Gasteiger partial charge in [-0.05, 0) is 94.7 Å². The third-order valence-corrected chi connectivity index (χ3v) is 10.9. The van der Waals surface area contributed by atoms with Gasteiger partial charge in [0.25, 0.3) is 0 Å². The third-order valence-electron chi connectivity index (χ3n) is 9.82. The van der Waals surface area contributed by atoms with E-state index in [1.54, 1.807) is 0 Å². The third kappa shape index (κ3) is 4.07. The maximum atomic E-state index is 2.42. The topological polar surface area (TPSA) is 0 Å². The lowest BCUT2D eigenvalue weighted by atomic mass is 9.85. The normalized spacial score (nSPS) is 11.8. The maximum Gasteiger partial charge on any atom is 0.0368 e. The molecule has 0 N–H and O–H groups in total. The molecule has 0 amide bonds. The van der Waals surface area contributed by atoms with Crippen LogP contribution in [-0.4, -0.2) is 0 Å². The molecule has 218 valence electrons. The molecule has 0 aliphatic heterocycles. The quantitative estimate of drug-likeness (QED) is 0.174. The Morgan fingerprint density at radius 3 is 1.38 bits per heavy atom. The summed E-state index contributed by atoms with van der Waals surface area (Å²) >= 11 is 1.90. The van der Waals surface area contributed by atoms with E-state index in [9.17, 15) is 0 Å². The van der Waals surface area contributed by atoms with E-state index in [0.29, 0.717) is 0 Å². The number of thiophene rings is 1. The standard InChI is InChI=1S/C46H28S/c1-2-12-30(13-3-1)44-36-18-8-10-20-38(36)45(39-21-11-9-19-37(39)44)31-24-22-29(23-25-31)40-28-43-46(35-17-7-6-16-34(35)40)41-26-32-14-4-5-15-33(32)27-42(41)47-43/h1-28H. The molecule has 10 rings (SSSR count). The molecule has 1 heterocycles. The highest BCUT2D eigenvalue weighted by Gasteiger charge is 2.18. The summed E-state index contributed by atoms with van der Waals surface area (Å²) in [5.74, 6) is 0. The average molecular weight is 613 g/mol. The van der Waals surface area contributed by atoms with E-state index in [-0.39, 0.29) is 0 Å². The first-order chi connectivity index (χ1) is 23.3. The molecule has 0 saturated carbocycles. The molecule has 1 heteroatoms.